The molecule has 1 fully saturated rings. The Morgan fingerprint density at radius 1 is 1.04 bits per heavy atom. The lowest BCUT2D eigenvalue weighted by molar-refractivity contribution is -0.113. The average molecular weight is 348 g/mol. The van der Waals surface area contributed by atoms with Crippen LogP contribution < -0.4 is 4.90 Å². The maximum atomic E-state index is 12.8. The Balaban J connectivity index is 1.76. The van der Waals surface area contributed by atoms with Gasteiger partial charge in [0.25, 0.3) is 5.91 Å². The number of carbonyl (C=O) groups excluding carboxylic acids is 1. The summed E-state index contributed by atoms with van der Waals surface area (Å²) in [7, 11) is 0. The molecule has 5 heteroatoms. The second kappa shape index (κ2) is 6.19. The molecule has 3 aromatic rings. The van der Waals surface area contributed by atoms with Crippen molar-refractivity contribution in [3.8, 4) is 0 Å². The summed E-state index contributed by atoms with van der Waals surface area (Å²) < 4.78 is 0.527. The minimum atomic E-state index is -0.106. The number of aromatic nitrogens is 1. The van der Waals surface area contributed by atoms with E-state index in [-0.39, 0.29) is 5.91 Å². The minimum absolute atomic E-state index is 0.106. The molecular formula is C19H12N2OS2. The Morgan fingerprint density at radius 2 is 1.88 bits per heavy atom. The quantitative estimate of drug-likeness (QED) is 0.499. The number of fused-ring (bicyclic) bond motifs is 1. The number of carbonyl (C=O) groups is 1. The van der Waals surface area contributed by atoms with Crippen molar-refractivity contribution in [1.82, 2.24) is 4.98 Å². The number of benzene rings is 2. The van der Waals surface area contributed by atoms with Gasteiger partial charge in [0.1, 0.15) is 0 Å². The summed E-state index contributed by atoms with van der Waals surface area (Å²) in [5.74, 6) is -0.106. The molecule has 4 rings (SSSR count). The van der Waals surface area contributed by atoms with Crippen molar-refractivity contribution >= 4 is 56.7 Å². The van der Waals surface area contributed by atoms with Crippen LogP contribution in [0.25, 0.3) is 16.8 Å². The van der Waals surface area contributed by atoms with Crippen LogP contribution >= 0.6 is 24.0 Å². The van der Waals surface area contributed by atoms with Gasteiger partial charge in [-0.05, 0) is 34.5 Å². The lowest BCUT2D eigenvalue weighted by Crippen LogP contribution is -2.27. The third kappa shape index (κ3) is 2.62. The first-order valence-corrected chi connectivity index (χ1v) is 8.62. The molecule has 3 nitrogen and oxygen atoms in total. The number of thioether (sulfide) groups is 1. The Bertz CT molecular complexity index is 978. The Hall–Kier alpha value is -2.50. The van der Waals surface area contributed by atoms with Crippen LogP contribution in [-0.4, -0.2) is 15.2 Å². The van der Waals surface area contributed by atoms with Crippen LogP contribution in [0.2, 0.25) is 0 Å². The van der Waals surface area contributed by atoms with Gasteiger partial charge < -0.3 is 0 Å². The summed E-state index contributed by atoms with van der Waals surface area (Å²) in [5.41, 5.74) is 1.71. The van der Waals surface area contributed by atoms with Crippen molar-refractivity contribution in [3.05, 3.63) is 77.5 Å². The van der Waals surface area contributed by atoms with E-state index >= 15 is 0 Å². The number of thiocarbonyl (C=S) groups is 1. The van der Waals surface area contributed by atoms with Crippen molar-refractivity contribution in [2.45, 2.75) is 0 Å². The van der Waals surface area contributed by atoms with Crippen molar-refractivity contribution < 1.29 is 4.79 Å². The lowest BCUT2D eigenvalue weighted by atomic mass is 10.0. The molecule has 0 unspecified atom stereocenters. The van der Waals surface area contributed by atoms with Crippen LogP contribution in [0.15, 0.2) is 71.9 Å². The van der Waals surface area contributed by atoms with E-state index in [0.29, 0.717) is 14.9 Å². The normalized spacial score (nSPS) is 16.3. The SMILES string of the molecule is O=C1C(=Cc2cccc3ccccc23)SC(=S)N1c1cccnc1. The zero-order chi connectivity index (χ0) is 16.5. The van der Waals surface area contributed by atoms with Crippen LogP contribution in [0.5, 0.6) is 0 Å². The predicted octanol–water partition coefficient (Wildman–Crippen LogP) is 4.64. The smallest absolute Gasteiger partial charge is 0.268 e. The van der Waals surface area contributed by atoms with E-state index < -0.39 is 0 Å². The molecule has 1 amide bonds. The van der Waals surface area contributed by atoms with Gasteiger partial charge >= 0.3 is 0 Å². The van der Waals surface area contributed by atoms with E-state index in [9.17, 15) is 4.79 Å². The van der Waals surface area contributed by atoms with Crippen LogP contribution in [-0.2, 0) is 4.79 Å². The monoisotopic (exact) mass is 348 g/mol. The maximum absolute atomic E-state index is 12.8. The molecule has 1 aromatic heterocycles. The van der Waals surface area contributed by atoms with Crippen molar-refractivity contribution in [3.63, 3.8) is 0 Å². The zero-order valence-corrected chi connectivity index (χ0v) is 14.2. The van der Waals surface area contributed by atoms with Gasteiger partial charge in [-0.1, -0.05) is 66.4 Å². The molecule has 0 radical (unpaired) electrons. The molecule has 0 spiro atoms. The summed E-state index contributed by atoms with van der Waals surface area (Å²) in [4.78, 5) is 19.0. The first-order chi connectivity index (χ1) is 11.7. The van der Waals surface area contributed by atoms with Crippen molar-refractivity contribution in [2.75, 3.05) is 4.90 Å². The minimum Gasteiger partial charge on any atom is -0.268 e. The topological polar surface area (TPSA) is 33.2 Å². The molecule has 0 saturated carbocycles. The fourth-order valence-electron chi connectivity index (χ4n) is 2.69. The average Bonchev–Trinajstić information content (AvgIpc) is 2.90. The van der Waals surface area contributed by atoms with E-state index in [4.69, 9.17) is 12.2 Å². The van der Waals surface area contributed by atoms with Gasteiger partial charge in [0, 0.05) is 6.20 Å². The molecular weight excluding hydrogens is 336 g/mol. The van der Waals surface area contributed by atoms with E-state index in [1.54, 1.807) is 18.5 Å². The molecule has 0 bridgehead atoms. The first kappa shape index (κ1) is 15.1. The summed E-state index contributed by atoms with van der Waals surface area (Å²) >= 11 is 6.71. The maximum Gasteiger partial charge on any atom is 0.270 e. The second-order valence-corrected chi connectivity index (χ2v) is 6.97. The Morgan fingerprint density at radius 3 is 2.71 bits per heavy atom. The first-order valence-electron chi connectivity index (χ1n) is 7.40. The standard InChI is InChI=1S/C19H12N2OS2/c22-18-17(24-19(23)21(18)15-8-4-10-20-12-15)11-14-7-3-6-13-5-1-2-9-16(13)14/h1-12H. The molecule has 1 aliphatic heterocycles. The fourth-order valence-corrected chi connectivity index (χ4v) is 3.98. The lowest BCUT2D eigenvalue weighted by Gasteiger charge is -2.13. The van der Waals surface area contributed by atoms with Crippen LogP contribution in [0.1, 0.15) is 5.56 Å². The summed E-state index contributed by atoms with van der Waals surface area (Å²) in [6.45, 7) is 0. The predicted molar refractivity (Wildman–Crippen MR) is 104 cm³/mol. The second-order valence-electron chi connectivity index (χ2n) is 5.30. The third-order valence-electron chi connectivity index (χ3n) is 3.81. The van der Waals surface area contributed by atoms with E-state index in [1.807, 2.05) is 36.4 Å². The molecule has 0 aliphatic carbocycles. The molecule has 1 saturated heterocycles. The highest BCUT2D eigenvalue weighted by Gasteiger charge is 2.33. The van der Waals surface area contributed by atoms with Crippen molar-refractivity contribution in [1.29, 1.82) is 0 Å². The molecule has 2 aromatic carbocycles. The Labute approximate surface area is 149 Å². The van der Waals surface area contributed by atoms with E-state index in [0.717, 1.165) is 16.3 Å². The van der Waals surface area contributed by atoms with E-state index in [2.05, 4.69) is 23.2 Å². The highest BCUT2D eigenvalue weighted by molar-refractivity contribution is 8.27. The molecule has 24 heavy (non-hydrogen) atoms. The number of hydrogen-bond donors (Lipinski definition) is 0. The van der Waals surface area contributed by atoms with Gasteiger partial charge in [0.05, 0.1) is 16.8 Å². The van der Waals surface area contributed by atoms with Gasteiger partial charge in [-0.15, -0.1) is 0 Å². The number of pyridine rings is 1. The summed E-state index contributed by atoms with van der Waals surface area (Å²) in [6.07, 6.45) is 5.23. The summed E-state index contributed by atoms with van der Waals surface area (Å²) in [6, 6.07) is 17.8. The molecule has 0 N–H and O–H groups in total. The Kier molecular flexibility index (Phi) is 3.88. The van der Waals surface area contributed by atoms with Gasteiger partial charge in [-0.2, -0.15) is 0 Å². The van der Waals surface area contributed by atoms with Gasteiger partial charge in [0.15, 0.2) is 4.32 Å². The fraction of sp³-hybridized carbons (Fsp3) is 0. The third-order valence-corrected chi connectivity index (χ3v) is 5.11. The number of nitrogens with zero attached hydrogens (tertiary/aromatic N) is 2. The molecule has 116 valence electrons. The van der Waals surface area contributed by atoms with Crippen LogP contribution in [0.4, 0.5) is 5.69 Å². The van der Waals surface area contributed by atoms with Gasteiger partial charge in [-0.3, -0.25) is 14.7 Å². The van der Waals surface area contributed by atoms with Crippen LogP contribution in [0, 0.1) is 0 Å². The summed E-state index contributed by atoms with van der Waals surface area (Å²) in [5, 5.41) is 2.26. The van der Waals surface area contributed by atoms with Gasteiger partial charge in [0.2, 0.25) is 0 Å². The largest absolute Gasteiger partial charge is 0.270 e. The number of rotatable bonds is 2. The molecule has 2 heterocycles. The van der Waals surface area contributed by atoms with Gasteiger partial charge in [-0.25, -0.2) is 0 Å². The molecule has 0 atom stereocenters. The number of anilines is 1. The highest BCUT2D eigenvalue weighted by atomic mass is 32.2. The van der Waals surface area contributed by atoms with E-state index in [1.165, 1.54) is 16.7 Å². The van der Waals surface area contributed by atoms with Crippen molar-refractivity contribution in [2.24, 2.45) is 0 Å². The number of amides is 1. The zero-order valence-electron chi connectivity index (χ0n) is 12.5. The van der Waals surface area contributed by atoms with Crippen LogP contribution in [0.3, 0.4) is 0 Å². The number of hydrogen-bond acceptors (Lipinski definition) is 4. The molecule has 1 aliphatic rings. The highest BCUT2D eigenvalue weighted by Crippen LogP contribution is 2.36.